The summed E-state index contributed by atoms with van der Waals surface area (Å²) in [6.45, 7) is 2.73. The van der Waals surface area contributed by atoms with Gasteiger partial charge in [0, 0.05) is 31.4 Å². The largest absolute Gasteiger partial charge is 0.371 e. The van der Waals surface area contributed by atoms with Gasteiger partial charge < -0.3 is 16.0 Å². The second kappa shape index (κ2) is 7.14. The third-order valence-corrected chi connectivity index (χ3v) is 5.08. The highest BCUT2D eigenvalue weighted by Crippen LogP contribution is 2.24. The minimum Gasteiger partial charge on any atom is -0.371 e. The topological polar surface area (TPSA) is 58.4 Å². The van der Waals surface area contributed by atoms with Crippen LogP contribution >= 0.6 is 0 Å². The highest BCUT2D eigenvalue weighted by atomic mass is 16.1. The lowest BCUT2D eigenvalue weighted by atomic mass is 9.97. The van der Waals surface area contributed by atoms with Crippen molar-refractivity contribution in [2.24, 2.45) is 11.7 Å². The lowest BCUT2D eigenvalue weighted by molar-refractivity contribution is -0.122. The highest BCUT2D eigenvalue weighted by molar-refractivity contribution is 5.77. The average molecular weight is 301 g/mol. The van der Waals surface area contributed by atoms with E-state index in [1.54, 1.807) is 0 Å². The van der Waals surface area contributed by atoms with E-state index in [9.17, 15) is 4.79 Å². The van der Waals surface area contributed by atoms with Gasteiger partial charge in [-0.15, -0.1) is 0 Å². The zero-order valence-corrected chi connectivity index (χ0v) is 13.3. The maximum absolute atomic E-state index is 11.4. The van der Waals surface area contributed by atoms with Crippen LogP contribution in [-0.2, 0) is 11.3 Å². The third kappa shape index (κ3) is 3.80. The molecule has 1 amide bonds. The van der Waals surface area contributed by atoms with Gasteiger partial charge in [-0.3, -0.25) is 4.79 Å². The predicted molar refractivity (Wildman–Crippen MR) is 89.7 cm³/mol. The van der Waals surface area contributed by atoms with Crippen LogP contribution in [0.1, 0.15) is 44.1 Å². The molecule has 1 atom stereocenters. The molecule has 0 radical (unpaired) electrons. The minimum atomic E-state index is -0.165. The molecule has 1 saturated heterocycles. The first kappa shape index (κ1) is 15.3. The van der Waals surface area contributed by atoms with Crippen LogP contribution in [0.25, 0.3) is 0 Å². The second-order valence-corrected chi connectivity index (χ2v) is 6.72. The molecular weight excluding hydrogens is 274 g/mol. The lowest BCUT2D eigenvalue weighted by Crippen LogP contribution is -2.41. The van der Waals surface area contributed by atoms with Crippen LogP contribution in [0, 0.1) is 5.92 Å². The van der Waals surface area contributed by atoms with Crippen molar-refractivity contribution in [3.8, 4) is 0 Å². The minimum absolute atomic E-state index is 0.00235. The number of carbonyl (C=O) groups excluding carboxylic acids is 1. The summed E-state index contributed by atoms with van der Waals surface area (Å²) in [7, 11) is 0. The molecular formula is C18H27N3O. The van der Waals surface area contributed by atoms with E-state index in [1.165, 1.54) is 36.9 Å². The van der Waals surface area contributed by atoms with Gasteiger partial charge in [0.2, 0.25) is 5.91 Å². The highest BCUT2D eigenvalue weighted by Gasteiger charge is 2.24. The van der Waals surface area contributed by atoms with E-state index in [0.717, 1.165) is 32.5 Å². The molecule has 2 fully saturated rings. The Kier molecular flexibility index (Phi) is 4.98. The number of hydrogen-bond donors (Lipinski definition) is 2. The Morgan fingerprint density at radius 2 is 1.86 bits per heavy atom. The Morgan fingerprint density at radius 3 is 2.55 bits per heavy atom. The first-order chi connectivity index (χ1) is 10.7. The van der Waals surface area contributed by atoms with E-state index in [1.807, 2.05) is 0 Å². The molecule has 1 aliphatic carbocycles. The summed E-state index contributed by atoms with van der Waals surface area (Å²) in [5, 5.41) is 3.64. The van der Waals surface area contributed by atoms with Crippen molar-refractivity contribution in [2.45, 2.75) is 51.1 Å². The van der Waals surface area contributed by atoms with Gasteiger partial charge in [-0.25, -0.2) is 0 Å². The fraction of sp³-hybridized carbons (Fsp3) is 0.611. The summed E-state index contributed by atoms with van der Waals surface area (Å²) in [6, 6.07) is 9.46. The number of hydrogen-bond acceptors (Lipinski definition) is 3. The molecule has 3 rings (SSSR count). The van der Waals surface area contributed by atoms with Gasteiger partial charge in [0.05, 0.1) is 5.92 Å². The molecule has 1 aromatic rings. The number of amides is 1. The number of nitrogens with one attached hydrogen (secondary N) is 1. The standard InChI is InChI=1S/C18H27N3O/c19-18(22)15-4-3-11-21(13-15)17-9-7-14(8-10-17)12-20-16-5-1-2-6-16/h7-10,15-16,20H,1-6,11-13H2,(H2,19,22)/t15-/m0/s1. The van der Waals surface area contributed by atoms with Crippen molar-refractivity contribution in [1.29, 1.82) is 0 Å². The van der Waals surface area contributed by atoms with Gasteiger partial charge in [0.1, 0.15) is 0 Å². The number of anilines is 1. The normalized spacial score (nSPS) is 22.9. The zero-order valence-electron chi connectivity index (χ0n) is 13.3. The number of benzene rings is 1. The van der Waals surface area contributed by atoms with Crippen LogP contribution in [0.4, 0.5) is 5.69 Å². The Bertz CT molecular complexity index is 494. The van der Waals surface area contributed by atoms with Crippen LogP contribution in [0.2, 0.25) is 0 Å². The number of nitrogens with two attached hydrogens (primary N) is 1. The molecule has 0 bridgehead atoms. The molecule has 4 heteroatoms. The van der Waals surface area contributed by atoms with Crippen molar-refractivity contribution in [2.75, 3.05) is 18.0 Å². The number of nitrogens with zero attached hydrogens (tertiary/aromatic N) is 1. The van der Waals surface area contributed by atoms with E-state index >= 15 is 0 Å². The van der Waals surface area contributed by atoms with E-state index in [4.69, 9.17) is 5.73 Å². The fourth-order valence-corrected chi connectivity index (χ4v) is 3.66. The maximum atomic E-state index is 11.4. The molecule has 1 aliphatic heterocycles. The Balaban J connectivity index is 1.55. The van der Waals surface area contributed by atoms with Gasteiger partial charge in [-0.1, -0.05) is 25.0 Å². The monoisotopic (exact) mass is 301 g/mol. The van der Waals surface area contributed by atoms with E-state index in [2.05, 4.69) is 34.5 Å². The predicted octanol–water partition coefficient (Wildman–Crippen LogP) is 2.42. The summed E-state index contributed by atoms with van der Waals surface area (Å²) in [6.07, 6.45) is 7.34. The summed E-state index contributed by atoms with van der Waals surface area (Å²) in [4.78, 5) is 13.7. The van der Waals surface area contributed by atoms with Gasteiger partial charge in [-0.05, 0) is 43.4 Å². The molecule has 3 N–H and O–H groups in total. The molecule has 1 aromatic carbocycles. The van der Waals surface area contributed by atoms with Crippen LogP contribution < -0.4 is 16.0 Å². The van der Waals surface area contributed by atoms with Crippen molar-refractivity contribution < 1.29 is 4.79 Å². The first-order valence-electron chi connectivity index (χ1n) is 8.59. The van der Waals surface area contributed by atoms with Gasteiger partial charge in [0.25, 0.3) is 0 Å². The molecule has 1 heterocycles. The third-order valence-electron chi connectivity index (χ3n) is 5.08. The Morgan fingerprint density at radius 1 is 1.14 bits per heavy atom. The molecule has 0 unspecified atom stereocenters. The summed E-state index contributed by atoms with van der Waals surface area (Å²) < 4.78 is 0. The van der Waals surface area contributed by atoms with E-state index in [-0.39, 0.29) is 11.8 Å². The summed E-state index contributed by atoms with van der Waals surface area (Å²) >= 11 is 0. The van der Waals surface area contributed by atoms with Gasteiger partial charge in [0.15, 0.2) is 0 Å². The maximum Gasteiger partial charge on any atom is 0.222 e. The molecule has 0 aromatic heterocycles. The Hall–Kier alpha value is -1.55. The molecule has 120 valence electrons. The average Bonchev–Trinajstić information content (AvgIpc) is 3.07. The molecule has 1 saturated carbocycles. The number of carbonyl (C=O) groups is 1. The summed E-state index contributed by atoms with van der Waals surface area (Å²) in [5.41, 5.74) is 7.99. The SMILES string of the molecule is NC(=O)[C@H]1CCCN(c2ccc(CNC3CCCC3)cc2)C1. The van der Waals surface area contributed by atoms with Crippen molar-refractivity contribution >= 4 is 11.6 Å². The quantitative estimate of drug-likeness (QED) is 0.878. The number of piperidine rings is 1. The van der Waals surface area contributed by atoms with Crippen LogP contribution in [0.3, 0.4) is 0 Å². The second-order valence-electron chi connectivity index (χ2n) is 6.72. The van der Waals surface area contributed by atoms with Gasteiger partial charge >= 0.3 is 0 Å². The van der Waals surface area contributed by atoms with Crippen LogP contribution in [-0.4, -0.2) is 25.0 Å². The molecule has 22 heavy (non-hydrogen) atoms. The van der Waals surface area contributed by atoms with E-state index in [0.29, 0.717) is 6.04 Å². The van der Waals surface area contributed by atoms with E-state index < -0.39 is 0 Å². The van der Waals surface area contributed by atoms with Crippen LogP contribution in [0.5, 0.6) is 0 Å². The number of primary amides is 1. The molecule has 0 spiro atoms. The fourth-order valence-electron chi connectivity index (χ4n) is 3.66. The number of rotatable bonds is 5. The van der Waals surface area contributed by atoms with Crippen molar-refractivity contribution in [3.05, 3.63) is 29.8 Å². The zero-order chi connectivity index (χ0) is 15.4. The van der Waals surface area contributed by atoms with Crippen molar-refractivity contribution in [1.82, 2.24) is 5.32 Å². The smallest absolute Gasteiger partial charge is 0.222 e. The Labute approximate surface area is 133 Å². The molecule has 4 nitrogen and oxygen atoms in total. The van der Waals surface area contributed by atoms with Gasteiger partial charge in [-0.2, -0.15) is 0 Å². The van der Waals surface area contributed by atoms with Crippen LogP contribution in [0.15, 0.2) is 24.3 Å². The first-order valence-corrected chi connectivity index (χ1v) is 8.59. The lowest BCUT2D eigenvalue weighted by Gasteiger charge is -2.33. The van der Waals surface area contributed by atoms with Crippen molar-refractivity contribution in [3.63, 3.8) is 0 Å². The molecule has 2 aliphatic rings. The summed E-state index contributed by atoms with van der Waals surface area (Å²) in [5.74, 6) is -0.167.